The Labute approximate surface area is 134 Å². The van der Waals surface area contributed by atoms with Gasteiger partial charge in [0.15, 0.2) is 0 Å². The quantitative estimate of drug-likeness (QED) is 0.803. The summed E-state index contributed by atoms with van der Waals surface area (Å²) in [5, 5.41) is 7.28. The van der Waals surface area contributed by atoms with Gasteiger partial charge in [0.2, 0.25) is 0 Å². The number of amides is 1. The van der Waals surface area contributed by atoms with Crippen LogP contribution < -0.4 is 10.1 Å². The molecule has 1 aromatic heterocycles. The van der Waals surface area contributed by atoms with Gasteiger partial charge in [0.25, 0.3) is 5.91 Å². The third-order valence-corrected chi connectivity index (χ3v) is 3.54. The Kier molecular flexibility index (Phi) is 4.10. The van der Waals surface area contributed by atoms with E-state index in [0.717, 1.165) is 11.3 Å². The van der Waals surface area contributed by atoms with E-state index in [1.54, 1.807) is 36.2 Å². The lowest BCUT2D eigenvalue weighted by Crippen LogP contribution is -2.16. The van der Waals surface area contributed by atoms with Crippen molar-refractivity contribution in [3.63, 3.8) is 0 Å². The molecule has 23 heavy (non-hydrogen) atoms. The maximum atomic E-state index is 12.6. The molecule has 0 aliphatic heterocycles. The second kappa shape index (κ2) is 6.36. The minimum atomic E-state index is -0.233. The van der Waals surface area contributed by atoms with Crippen LogP contribution in [-0.2, 0) is 0 Å². The van der Waals surface area contributed by atoms with Crippen molar-refractivity contribution in [1.82, 2.24) is 9.78 Å². The Balaban J connectivity index is 1.95. The first-order valence-corrected chi connectivity index (χ1v) is 7.25. The number of ether oxygens (including phenoxy) is 1. The third-order valence-electron chi connectivity index (χ3n) is 3.54. The fraction of sp³-hybridized carbons (Fsp3) is 0.111. The molecule has 0 unspecified atom stereocenters. The Bertz CT molecular complexity index is 825. The van der Waals surface area contributed by atoms with Crippen LogP contribution in [0.4, 0.5) is 5.82 Å². The van der Waals surface area contributed by atoms with Crippen molar-refractivity contribution in [3.8, 4) is 11.4 Å². The summed E-state index contributed by atoms with van der Waals surface area (Å²) in [5.74, 6) is 0.948. The van der Waals surface area contributed by atoms with E-state index in [4.69, 9.17) is 4.74 Å². The predicted molar refractivity (Wildman–Crippen MR) is 89.2 cm³/mol. The van der Waals surface area contributed by atoms with Crippen LogP contribution in [-0.4, -0.2) is 22.8 Å². The molecular weight excluding hydrogens is 290 g/mol. The predicted octanol–water partition coefficient (Wildman–Crippen LogP) is 3.44. The smallest absolute Gasteiger partial charge is 0.260 e. The summed E-state index contributed by atoms with van der Waals surface area (Å²) < 4.78 is 6.96. The van der Waals surface area contributed by atoms with Crippen molar-refractivity contribution in [1.29, 1.82) is 0 Å². The highest BCUT2D eigenvalue weighted by Crippen LogP contribution is 2.23. The molecule has 3 aromatic rings. The van der Waals surface area contributed by atoms with Gasteiger partial charge in [-0.25, -0.2) is 4.68 Å². The van der Waals surface area contributed by atoms with E-state index in [1.807, 2.05) is 43.3 Å². The number of nitrogens with one attached hydrogen (secondary N) is 1. The number of anilines is 1. The number of hydrogen-bond acceptors (Lipinski definition) is 3. The van der Waals surface area contributed by atoms with Gasteiger partial charge >= 0.3 is 0 Å². The molecule has 5 nitrogen and oxygen atoms in total. The highest BCUT2D eigenvalue weighted by molar-refractivity contribution is 6.06. The summed E-state index contributed by atoms with van der Waals surface area (Å²) in [7, 11) is 1.55. The summed E-state index contributed by atoms with van der Waals surface area (Å²) in [6, 6.07) is 16.8. The first kappa shape index (κ1) is 14.8. The average molecular weight is 307 g/mol. The number of carbonyl (C=O) groups is 1. The number of rotatable bonds is 4. The molecule has 1 amide bonds. The number of nitrogens with zero attached hydrogens (tertiary/aromatic N) is 2. The van der Waals surface area contributed by atoms with Crippen LogP contribution in [0.3, 0.4) is 0 Å². The van der Waals surface area contributed by atoms with Gasteiger partial charge in [-0.3, -0.25) is 4.79 Å². The molecular formula is C18H17N3O2. The van der Waals surface area contributed by atoms with E-state index in [9.17, 15) is 4.79 Å². The van der Waals surface area contributed by atoms with E-state index >= 15 is 0 Å². The van der Waals surface area contributed by atoms with Crippen molar-refractivity contribution < 1.29 is 9.53 Å². The van der Waals surface area contributed by atoms with Gasteiger partial charge in [0, 0.05) is 5.56 Å². The van der Waals surface area contributed by atoms with Crippen LogP contribution in [0, 0.1) is 6.92 Å². The Morgan fingerprint density at radius 1 is 1.09 bits per heavy atom. The lowest BCUT2D eigenvalue weighted by atomic mass is 10.2. The minimum absolute atomic E-state index is 0.233. The summed E-state index contributed by atoms with van der Waals surface area (Å²) in [6.45, 7) is 1.91. The van der Waals surface area contributed by atoms with Gasteiger partial charge in [0.05, 0.1) is 24.6 Å². The maximum Gasteiger partial charge on any atom is 0.260 e. The fourth-order valence-corrected chi connectivity index (χ4v) is 2.35. The molecule has 5 heteroatoms. The van der Waals surface area contributed by atoms with Crippen molar-refractivity contribution in [2.75, 3.05) is 12.4 Å². The molecule has 116 valence electrons. The van der Waals surface area contributed by atoms with E-state index in [1.165, 1.54) is 0 Å². The molecule has 0 spiro atoms. The summed E-state index contributed by atoms with van der Waals surface area (Å²) >= 11 is 0. The summed E-state index contributed by atoms with van der Waals surface area (Å²) in [6.07, 6.45) is 1.73. The summed E-state index contributed by atoms with van der Waals surface area (Å²) in [4.78, 5) is 12.6. The zero-order chi connectivity index (χ0) is 16.2. The molecule has 1 heterocycles. The van der Waals surface area contributed by atoms with Crippen molar-refractivity contribution in [3.05, 3.63) is 71.9 Å². The number of hydrogen-bond donors (Lipinski definition) is 1. The molecule has 0 fully saturated rings. The highest BCUT2D eigenvalue weighted by atomic mass is 16.5. The fourth-order valence-electron chi connectivity index (χ4n) is 2.35. The molecule has 0 aliphatic carbocycles. The summed E-state index contributed by atoms with van der Waals surface area (Å²) in [5.41, 5.74) is 2.25. The van der Waals surface area contributed by atoms with Gasteiger partial charge in [-0.2, -0.15) is 5.10 Å². The van der Waals surface area contributed by atoms with Crippen LogP contribution in [0.1, 0.15) is 15.9 Å². The van der Waals surface area contributed by atoms with Crippen LogP contribution in [0.15, 0.2) is 60.8 Å². The maximum absolute atomic E-state index is 12.6. The van der Waals surface area contributed by atoms with Crippen molar-refractivity contribution in [2.24, 2.45) is 0 Å². The molecule has 0 aliphatic rings. The van der Waals surface area contributed by atoms with Gasteiger partial charge in [-0.1, -0.05) is 30.3 Å². The number of methoxy groups -OCH3 is 1. The zero-order valence-electron chi connectivity index (χ0n) is 13.0. The largest absolute Gasteiger partial charge is 0.496 e. The highest BCUT2D eigenvalue weighted by Gasteiger charge is 2.16. The number of aryl methyl sites for hydroxylation is 1. The Morgan fingerprint density at radius 2 is 1.78 bits per heavy atom. The SMILES string of the molecule is COc1ccccc1C(=O)Nc1c(C)cnn1-c1ccccc1. The zero-order valence-corrected chi connectivity index (χ0v) is 13.0. The first-order chi connectivity index (χ1) is 11.2. The number of carbonyl (C=O) groups excluding carboxylic acids is 1. The molecule has 0 bridgehead atoms. The minimum Gasteiger partial charge on any atom is -0.496 e. The third kappa shape index (κ3) is 2.94. The van der Waals surface area contributed by atoms with Gasteiger partial charge in [0.1, 0.15) is 11.6 Å². The molecule has 3 rings (SSSR count). The molecule has 0 radical (unpaired) electrons. The molecule has 0 saturated carbocycles. The molecule has 1 N–H and O–H groups in total. The van der Waals surface area contributed by atoms with E-state index in [-0.39, 0.29) is 5.91 Å². The number of para-hydroxylation sites is 2. The van der Waals surface area contributed by atoms with Gasteiger partial charge in [-0.05, 0) is 31.2 Å². The van der Waals surface area contributed by atoms with Crippen LogP contribution in [0.2, 0.25) is 0 Å². The van der Waals surface area contributed by atoms with E-state index in [2.05, 4.69) is 10.4 Å². The normalized spacial score (nSPS) is 10.3. The Morgan fingerprint density at radius 3 is 2.52 bits per heavy atom. The molecule has 0 saturated heterocycles. The van der Waals surface area contributed by atoms with Crippen molar-refractivity contribution in [2.45, 2.75) is 6.92 Å². The van der Waals surface area contributed by atoms with Crippen LogP contribution in [0.5, 0.6) is 5.75 Å². The number of benzene rings is 2. The first-order valence-electron chi connectivity index (χ1n) is 7.25. The Hall–Kier alpha value is -3.08. The van der Waals surface area contributed by atoms with Crippen LogP contribution in [0.25, 0.3) is 5.69 Å². The standard InChI is InChI=1S/C18H17N3O2/c1-13-12-19-21(14-8-4-3-5-9-14)17(13)20-18(22)15-10-6-7-11-16(15)23-2/h3-12H,1-2H3,(H,20,22). The van der Waals surface area contributed by atoms with E-state index < -0.39 is 0 Å². The van der Waals surface area contributed by atoms with E-state index in [0.29, 0.717) is 17.1 Å². The topological polar surface area (TPSA) is 56.1 Å². The van der Waals surface area contributed by atoms with Crippen LogP contribution >= 0.6 is 0 Å². The lowest BCUT2D eigenvalue weighted by molar-refractivity contribution is 0.102. The lowest BCUT2D eigenvalue weighted by Gasteiger charge is -2.12. The monoisotopic (exact) mass is 307 g/mol. The average Bonchev–Trinajstić information content (AvgIpc) is 2.96. The second-order valence-corrected chi connectivity index (χ2v) is 5.08. The molecule has 2 aromatic carbocycles. The van der Waals surface area contributed by atoms with Crippen molar-refractivity contribution >= 4 is 11.7 Å². The van der Waals surface area contributed by atoms with Gasteiger partial charge in [-0.15, -0.1) is 0 Å². The number of aromatic nitrogens is 2. The van der Waals surface area contributed by atoms with Gasteiger partial charge < -0.3 is 10.1 Å². The molecule has 0 atom stereocenters. The second-order valence-electron chi connectivity index (χ2n) is 5.08.